The minimum absolute atomic E-state index is 0.235. The van der Waals surface area contributed by atoms with E-state index >= 15 is 0 Å². The summed E-state index contributed by atoms with van der Waals surface area (Å²) in [5.41, 5.74) is 3.71. The van der Waals surface area contributed by atoms with Crippen LogP contribution in [0.2, 0.25) is 0 Å². The van der Waals surface area contributed by atoms with Crippen molar-refractivity contribution in [2.24, 2.45) is 0 Å². The monoisotopic (exact) mass is 308 g/mol. The largest absolute Gasteiger partial charge is 0.381 e. The Labute approximate surface area is 137 Å². The molecule has 3 rings (SSSR count). The zero-order chi connectivity index (χ0) is 15.5. The number of anilines is 1. The van der Waals surface area contributed by atoms with Gasteiger partial charge in [0.25, 0.3) is 0 Å². The standard InChI is InChI=1S/C19H20N2S/c1-20(2)17-13-18(15-9-5-3-6-10-15)21(19(22)14-17)16-11-7-4-8-12-16/h3-12,14,18H,13H2,1-2H3. The molecular formula is C19H20N2S. The van der Waals surface area contributed by atoms with Gasteiger partial charge in [-0.15, -0.1) is 0 Å². The molecule has 1 aliphatic rings. The first-order chi connectivity index (χ1) is 10.7. The quantitative estimate of drug-likeness (QED) is 0.776. The molecule has 0 amide bonds. The molecular weight excluding hydrogens is 288 g/mol. The Morgan fingerprint density at radius 1 is 0.955 bits per heavy atom. The van der Waals surface area contributed by atoms with Crippen LogP contribution >= 0.6 is 12.2 Å². The van der Waals surface area contributed by atoms with Crippen LogP contribution in [0.15, 0.2) is 72.4 Å². The van der Waals surface area contributed by atoms with Crippen molar-refractivity contribution in [3.05, 3.63) is 78.0 Å². The van der Waals surface area contributed by atoms with E-state index in [1.807, 2.05) is 6.07 Å². The molecule has 1 unspecified atom stereocenters. The third-order valence-corrected chi connectivity index (χ3v) is 4.35. The zero-order valence-electron chi connectivity index (χ0n) is 12.9. The number of rotatable bonds is 3. The molecule has 1 atom stereocenters. The van der Waals surface area contributed by atoms with Gasteiger partial charge in [-0.05, 0) is 23.8 Å². The van der Waals surface area contributed by atoms with Crippen molar-refractivity contribution in [1.82, 2.24) is 4.90 Å². The van der Waals surface area contributed by atoms with E-state index in [0.717, 1.165) is 17.1 Å². The van der Waals surface area contributed by atoms with E-state index in [2.05, 4.69) is 84.6 Å². The SMILES string of the molecule is CN(C)C1=CC(=S)N(c2ccccc2)C(c2ccccc2)C1. The first-order valence-electron chi connectivity index (χ1n) is 7.48. The summed E-state index contributed by atoms with van der Waals surface area (Å²) in [6, 6.07) is 21.2. The average molecular weight is 308 g/mol. The summed E-state index contributed by atoms with van der Waals surface area (Å²) in [4.78, 5) is 5.29. The van der Waals surface area contributed by atoms with Crippen molar-refractivity contribution in [3.8, 4) is 0 Å². The fourth-order valence-corrected chi connectivity index (χ4v) is 3.23. The maximum Gasteiger partial charge on any atom is 0.108 e. The van der Waals surface area contributed by atoms with Crippen LogP contribution in [-0.2, 0) is 0 Å². The van der Waals surface area contributed by atoms with E-state index in [1.54, 1.807) is 0 Å². The highest BCUT2D eigenvalue weighted by Crippen LogP contribution is 2.36. The van der Waals surface area contributed by atoms with Gasteiger partial charge < -0.3 is 9.80 Å². The van der Waals surface area contributed by atoms with Crippen molar-refractivity contribution in [2.75, 3.05) is 19.0 Å². The lowest BCUT2D eigenvalue weighted by molar-refractivity contribution is 0.463. The van der Waals surface area contributed by atoms with Gasteiger partial charge in [-0.3, -0.25) is 0 Å². The molecule has 2 aromatic carbocycles. The van der Waals surface area contributed by atoms with E-state index in [0.29, 0.717) is 0 Å². The average Bonchev–Trinajstić information content (AvgIpc) is 2.55. The first kappa shape index (κ1) is 14.8. The maximum absolute atomic E-state index is 5.71. The van der Waals surface area contributed by atoms with Gasteiger partial charge in [-0.1, -0.05) is 60.7 Å². The van der Waals surface area contributed by atoms with Gasteiger partial charge in [0.05, 0.1) is 6.04 Å². The lowest BCUT2D eigenvalue weighted by atomic mass is 9.96. The second kappa shape index (κ2) is 6.32. The van der Waals surface area contributed by atoms with Gasteiger partial charge in [-0.25, -0.2) is 0 Å². The van der Waals surface area contributed by atoms with Crippen LogP contribution in [0.3, 0.4) is 0 Å². The van der Waals surface area contributed by atoms with Gasteiger partial charge in [-0.2, -0.15) is 0 Å². The number of nitrogens with zero attached hydrogens (tertiary/aromatic N) is 2. The van der Waals surface area contributed by atoms with E-state index in [9.17, 15) is 0 Å². The molecule has 2 nitrogen and oxygen atoms in total. The summed E-state index contributed by atoms with van der Waals surface area (Å²) in [6.45, 7) is 0. The van der Waals surface area contributed by atoms with Crippen LogP contribution in [0.1, 0.15) is 18.0 Å². The second-order valence-corrected chi connectivity index (χ2v) is 6.12. The fraction of sp³-hybridized carbons (Fsp3) is 0.211. The van der Waals surface area contributed by atoms with E-state index in [4.69, 9.17) is 12.2 Å². The summed E-state index contributed by atoms with van der Waals surface area (Å²) in [5.74, 6) is 0. The minimum atomic E-state index is 0.235. The van der Waals surface area contributed by atoms with Crippen LogP contribution in [0.25, 0.3) is 0 Å². The van der Waals surface area contributed by atoms with E-state index in [1.165, 1.54) is 11.3 Å². The van der Waals surface area contributed by atoms with Crippen molar-refractivity contribution in [3.63, 3.8) is 0 Å². The summed E-state index contributed by atoms with van der Waals surface area (Å²) < 4.78 is 0. The third-order valence-electron chi connectivity index (χ3n) is 4.03. The van der Waals surface area contributed by atoms with Crippen LogP contribution in [0.4, 0.5) is 5.69 Å². The topological polar surface area (TPSA) is 6.48 Å². The number of para-hydroxylation sites is 1. The van der Waals surface area contributed by atoms with Gasteiger partial charge in [0.15, 0.2) is 0 Å². The highest BCUT2D eigenvalue weighted by molar-refractivity contribution is 7.81. The second-order valence-electron chi connectivity index (χ2n) is 5.70. The minimum Gasteiger partial charge on any atom is -0.381 e. The lowest BCUT2D eigenvalue weighted by Gasteiger charge is -2.39. The number of hydrogen-bond acceptors (Lipinski definition) is 2. The number of thiocarbonyl (C=S) groups is 1. The lowest BCUT2D eigenvalue weighted by Crippen LogP contribution is -2.38. The van der Waals surface area contributed by atoms with Crippen LogP contribution in [-0.4, -0.2) is 24.0 Å². The van der Waals surface area contributed by atoms with Crippen molar-refractivity contribution in [2.45, 2.75) is 12.5 Å². The van der Waals surface area contributed by atoms with Crippen LogP contribution < -0.4 is 4.90 Å². The molecule has 0 radical (unpaired) electrons. The molecule has 0 bridgehead atoms. The molecule has 22 heavy (non-hydrogen) atoms. The molecule has 0 aromatic heterocycles. The van der Waals surface area contributed by atoms with Crippen molar-refractivity contribution in [1.29, 1.82) is 0 Å². The molecule has 1 aliphatic heterocycles. The van der Waals surface area contributed by atoms with Gasteiger partial charge in [0.1, 0.15) is 4.99 Å². The molecule has 0 saturated carbocycles. The maximum atomic E-state index is 5.71. The van der Waals surface area contributed by atoms with Gasteiger partial charge in [0, 0.05) is 31.9 Å². The van der Waals surface area contributed by atoms with Crippen LogP contribution in [0, 0.1) is 0 Å². The summed E-state index contributed by atoms with van der Waals surface area (Å²) in [6.07, 6.45) is 3.06. The summed E-state index contributed by atoms with van der Waals surface area (Å²) in [7, 11) is 4.16. The highest BCUT2D eigenvalue weighted by atomic mass is 32.1. The Balaban J connectivity index is 2.06. The van der Waals surface area contributed by atoms with Crippen molar-refractivity contribution < 1.29 is 0 Å². The highest BCUT2D eigenvalue weighted by Gasteiger charge is 2.29. The predicted octanol–water partition coefficient (Wildman–Crippen LogP) is 4.41. The molecule has 0 aliphatic carbocycles. The van der Waals surface area contributed by atoms with E-state index in [-0.39, 0.29) is 6.04 Å². The predicted molar refractivity (Wildman–Crippen MR) is 97.1 cm³/mol. The Hall–Kier alpha value is -2.13. The molecule has 1 heterocycles. The molecule has 0 N–H and O–H groups in total. The Kier molecular flexibility index (Phi) is 4.25. The smallest absolute Gasteiger partial charge is 0.108 e. The summed E-state index contributed by atoms with van der Waals surface area (Å²) >= 11 is 5.71. The molecule has 0 fully saturated rings. The fourth-order valence-electron chi connectivity index (χ4n) is 2.86. The molecule has 3 heteroatoms. The Morgan fingerprint density at radius 2 is 1.55 bits per heavy atom. The number of benzene rings is 2. The van der Waals surface area contributed by atoms with Crippen LogP contribution in [0.5, 0.6) is 0 Å². The molecule has 0 saturated heterocycles. The molecule has 2 aromatic rings. The normalized spacial score (nSPS) is 18.1. The zero-order valence-corrected chi connectivity index (χ0v) is 13.8. The Bertz CT molecular complexity index is 677. The van der Waals surface area contributed by atoms with Crippen molar-refractivity contribution >= 4 is 22.9 Å². The molecule has 112 valence electrons. The first-order valence-corrected chi connectivity index (χ1v) is 7.89. The van der Waals surface area contributed by atoms with E-state index < -0.39 is 0 Å². The molecule has 0 spiro atoms. The van der Waals surface area contributed by atoms with Gasteiger partial charge in [0.2, 0.25) is 0 Å². The van der Waals surface area contributed by atoms with Gasteiger partial charge >= 0.3 is 0 Å². The number of hydrogen-bond donors (Lipinski definition) is 0. The third kappa shape index (κ3) is 2.90. The Morgan fingerprint density at radius 3 is 2.14 bits per heavy atom. The summed E-state index contributed by atoms with van der Waals surface area (Å²) in [5, 5.41) is 0.